The van der Waals surface area contributed by atoms with Crippen LogP contribution in [0, 0.1) is 0 Å². The zero-order valence-electron chi connectivity index (χ0n) is 13.2. The number of hydrogen-bond acceptors (Lipinski definition) is 4. The van der Waals surface area contributed by atoms with Gasteiger partial charge in [-0.15, -0.1) is 0 Å². The molecule has 1 aromatic carbocycles. The van der Waals surface area contributed by atoms with Crippen LogP contribution >= 0.6 is 0 Å². The van der Waals surface area contributed by atoms with Crippen molar-refractivity contribution >= 4 is 9.84 Å². The molecule has 1 atom stereocenters. The first-order chi connectivity index (χ1) is 10.4. The van der Waals surface area contributed by atoms with Gasteiger partial charge in [-0.1, -0.05) is 18.2 Å². The maximum absolute atomic E-state index is 11.5. The summed E-state index contributed by atoms with van der Waals surface area (Å²) in [4.78, 5) is 6.96. The van der Waals surface area contributed by atoms with Gasteiger partial charge in [-0.2, -0.15) is 0 Å². The SMILES string of the molecule is C[C@H](Cc1ccccn1)N(C)Cc1ccc(S(C)(=O)=O)cc1. The van der Waals surface area contributed by atoms with Crippen molar-refractivity contribution in [2.24, 2.45) is 0 Å². The summed E-state index contributed by atoms with van der Waals surface area (Å²) < 4.78 is 22.9. The number of pyridine rings is 1. The maximum Gasteiger partial charge on any atom is 0.175 e. The highest BCUT2D eigenvalue weighted by molar-refractivity contribution is 7.90. The van der Waals surface area contributed by atoms with E-state index in [9.17, 15) is 8.42 Å². The number of rotatable bonds is 6. The lowest BCUT2D eigenvalue weighted by molar-refractivity contribution is 0.247. The molecule has 0 saturated carbocycles. The molecular formula is C17H22N2O2S. The Labute approximate surface area is 132 Å². The molecule has 0 N–H and O–H groups in total. The van der Waals surface area contributed by atoms with Crippen molar-refractivity contribution in [1.29, 1.82) is 0 Å². The predicted octanol–water partition coefficient (Wildman–Crippen LogP) is 2.55. The van der Waals surface area contributed by atoms with Crippen molar-refractivity contribution in [2.75, 3.05) is 13.3 Å². The van der Waals surface area contributed by atoms with E-state index >= 15 is 0 Å². The van der Waals surface area contributed by atoms with Gasteiger partial charge in [0.2, 0.25) is 0 Å². The second-order valence-electron chi connectivity index (χ2n) is 5.71. The van der Waals surface area contributed by atoms with Gasteiger partial charge in [0, 0.05) is 37.2 Å². The zero-order chi connectivity index (χ0) is 16.2. The van der Waals surface area contributed by atoms with E-state index in [1.165, 1.54) is 6.26 Å². The fourth-order valence-corrected chi connectivity index (χ4v) is 2.89. The number of likely N-dealkylation sites (N-methyl/N-ethyl adjacent to an activating group) is 1. The van der Waals surface area contributed by atoms with Gasteiger partial charge >= 0.3 is 0 Å². The summed E-state index contributed by atoms with van der Waals surface area (Å²) in [5, 5.41) is 0. The highest BCUT2D eigenvalue weighted by atomic mass is 32.2. The monoisotopic (exact) mass is 318 g/mol. The lowest BCUT2D eigenvalue weighted by Gasteiger charge is -2.24. The Morgan fingerprint density at radius 2 is 1.82 bits per heavy atom. The van der Waals surface area contributed by atoms with E-state index < -0.39 is 9.84 Å². The number of aromatic nitrogens is 1. The molecule has 2 aromatic rings. The van der Waals surface area contributed by atoms with Crippen LogP contribution in [0.5, 0.6) is 0 Å². The second-order valence-corrected chi connectivity index (χ2v) is 7.72. The van der Waals surface area contributed by atoms with Gasteiger partial charge in [0.05, 0.1) is 4.90 Å². The van der Waals surface area contributed by atoms with Crippen molar-refractivity contribution in [3.63, 3.8) is 0 Å². The maximum atomic E-state index is 11.5. The molecule has 0 amide bonds. The number of benzene rings is 1. The molecule has 0 aliphatic heterocycles. The van der Waals surface area contributed by atoms with Crippen LogP contribution in [0.25, 0.3) is 0 Å². The third-order valence-corrected chi connectivity index (χ3v) is 4.90. The highest BCUT2D eigenvalue weighted by Gasteiger charge is 2.12. The fourth-order valence-electron chi connectivity index (χ4n) is 2.26. The van der Waals surface area contributed by atoms with E-state index in [1.807, 2.05) is 36.5 Å². The van der Waals surface area contributed by atoms with Crippen molar-refractivity contribution in [3.05, 3.63) is 59.9 Å². The smallest absolute Gasteiger partial charge is 0.175 e. The van der Waals surface area contributed by atoms with Crippen molar-refractivity contribution in [1.82, 2.24) is 9.88 Å². The van der Waals surface area contributed by atoms with E-state index in [0.29, 0.717) is 10.9 Å². The minimum atomic E-state index is -3.13. The molecule has 1 aromatic heterocycles. The first kappa shape index (κ1) is 16.6. The number of hydrogen-bond donors (Lipinski definition) is 0. The van der Waals surface area contributed by atoms with Crippen LogP contribution in [-0.2, 0) is 22.8 Å². The van der Waals surface area contributed by atoms with Gasteiger partial charge in [0.1, 0.15) is 0 Å². The Bertz CT molecular complexity index is 697. The van der Waals surface area contributed by atoms with E-state index in [4.69, 9.17) is 0 Å². The lowest BCUT2D eigenvalue weighted by atomic mass is 10.1. The molecule has 5 heteroatoms. The molecule has 4 nitrogen and oxygen atoms in total. The second kappa shape index (κ2) is 7.03. The van der Waals surface area contributed by atoms with Gasteiger partial charge in [0.25, 0.3) is 0 Å². The molecule has 0 fully saturated rings. The van der Waals surface area contributed by atoms with Gasteiger partial charge in [-0.05, 0) is 43.8 Å². The van der Waals surface area contributed by atoms with Gasteiger partial charge in [0.15, 0.2) is 9.84 Å². The van der Waals surface area contributed by atoms with Crippen LogP contribution < -0.4 is 0 Å². The summed E-state index contributed by atoms with van der Waals surface area (Å²) in [6.45, 7) is 2.94. The Hall–Kier alpha value is -1.72. The Morgan fingerprint density at radius 3 is 2.36 bits per heavy atom. The Morgan fingerprint density at radius 1 is 1.14 bits per heavy atom. The fraction of sp³-hybridized carbons (Fsp3) is 0.353. The predicted molar refractivity (Wildman–Crippen MR) is 88.4 cm³/mol. The first-order valence-electron chi connectivity index (χ1n) is 7.25. The van der Waals surface area contributed by atoms with Gasteiger partial charge < -0.3 is 0 Å². The number of sulfone groups is 1. The van der Waals surface area contributed by atoms with Crippen molar-refractivity contribution < 1.29 is 8.42 Å². The van der Waals surface area contributed by atoms with Crippen LogP contribution in [0.15, 0.2) is 53.6 Å². The van der Waals surface area contributed by atoms with Crippen LogP contribution in [0.3, 0.4) is 0 Å². The molecule has 118 valence electrons. The van der Waals surface area contributed by atoms with Crippen molar-refractivity contribution in [2.45, 2.75) is 30.8 Å². The number of nitrogens with zero attached hydrogens (tertiary/aromatic N) is 2. The van der Waals surface area contributed by atoms with Crippen LogP contribution in [0.1, 0.15) is 18.2 Å². The molecule has 0 aliphatic rings. The van der Waals surface area contributed by atoms with Crippen LogP contribution in [0.2, 0.25) is 0 Å². The lowest BCUT2D eigenvalue weighted by Crippen LogP contribution is -2.30. The minimum absolute atomic E-state index is 0.351. The quantitative estimate of drug-likeness (QED) is 0.821. The van der Waals surface area contributed by atoms with Gasteiger partial charge in [-0.3, -0.25) is 9.88 Å². The normalized spacial score (nSPS) is 13.3. The molecule has 0 unspecified atom stereocenters. The molecule has 0 spiro atoms. The minimum Gasteiger partial charge on any atom is -0.299 e. The largest absolute Gasteiger partial charge is 0.299 e. The Balaban J connectivity index is 1.98. The third-order valence-electron chi connectivity index (χ3n) is 3.77. The standard InChI is InChI=1S/C17H22N2O2S/c1-14(12-16-6-4-5-11-18-16)19(2)13-15-7-9-17(10-8-15)22(3,20)21/h4-11,14H,12-13H2,1-3H3/t14-/m1/s1. The molecule has 0 bridgehead atoms. The van der Waals surface area contributed by atoms with E-state index in [2.05, 4.69) is 23.9 Å². The zero-order valence-corrected chi connectivity index (χ0v) is 14.0. The molecule has 22 heavy (non-hydrogen) atoms. The Kier molecular flexibility index (Phi) is 5.32. The topological polar surface area (TPSA) is 50.3 Å². The molecule has 0 radical (unpaired) electrons. The summed E-state index contributed by atoms with van der Waals surface area (Å²) in [6.07, 6.45) is 3.92. The van der Waals surface area contributed by atoms with E-state index in [1.54, 1.807) is 12.1 Å². The average Bonchev–Trinajstić information content (AvgIpc) is 2.48. The third kappa shape index (κ3) is 4.64. The average molecular weight is 318 g/mol. The van der Waals surface area contributed by atoms with Crippen molar-refractivity contribution in [3.8, 4) is 0 Å². The van der Waals surface area contributed by atoms with Crippen LogP contribution in [-0.4, -0.2) is 37.6 Å². The summed E-state index contributed by atoms with van der Waals surface area (Å²) >= 11 is 0. The summed E-state index contributed by atoms with van der Waals surface area (Å²) in [7, 11) is -1.06. The summed E-state index contributed by atoms with van der Waals surface area (Å²) in [5.74, 6) is 0. The van der Waals surface area contributed by atoms with Crippen LogP contribution in [0.4, 0.5) is 0 Å². The molecule has 0 aliphatic carbocycles. The molecule has 2 rings (SSSR count). The molecule has 0 saturated heterocycles. The molecule has 1 heterocycles. The van der Waals surface area contributed by atoms with E-state index in [0.717, 1.165) is 24.2 Å². The summed E-state index contributed by atoms with van der Waals surface area (Å²) in [5.41, 5.74) is 2.18. The molecular weight excluding hydrogens is 296 g/mol. The van der Waals surface area contributed by atoms with E-state index in [-0.39, 0.29) is 0 Å². The van der Waals surface area contributed by atoms with Gasteiger partial charge in [-0.25, -0.2) is 8.42 Å². The first-order valence-corrected chi connectivity index (χ1v) is 9.14. The highest BCUT2D eigenvalue weighted by Crippen LogP contribution is 2.13. The summed E-state index contributed by atoms with van der Waals surface area (Å²) in [6, 6.07) is 13.4.